The monoisotopic (exact) mass is 225 g/mol. The smallest absolute Gasteiger partial charge is 0.0634 e. The van der Waals surface area contributed by atoms with Gasteiger partial charge in [-0.05, 0) is 43.6 Å². The van der Waals surface area contributed by atoms with Crippen molar-refractivity contribution >= 4 is 0 Å². The summed E-state index contributed by atoms with van der Waals surface area (Å²) in [6, 6.07) is 0.565. The molecule has 0 amide bonds. The second-order valence-corrected chi connectivity index (χ2v) is 6.50. The first-order valence-corrected chi connectivity index (χ1v) is 6.96. The molecule has 0 aromatic heterocycles. The minimum atomic E-state index is -0.111. The van der Waals surface area contributed by atoms with Crippen LogP contribution in [0.2, 0.25) is 0 Å². The third-order valence-corrected chi connectivity index (χ3v) is 4.97. The molecule has 1 aliphatic carbocycles. The average molecular weight is 225 g/mol. The number of aliphatic hydroxyl groups excluding tert-OH is 1. The van der Waals surface area contributed by atoms with Gasteiger partial charge in [0.25, 0.3) is 0 Å². The number of rotatable bonds is 2. The topological polar surface area (TPSA) is 32.3 Å². The highest BCUT2D eigenvalue weighted by atomic mass is 16.3. The Morgan fingerprint density at radius 3 is 2.62 bits per heavy atom. The van der Waals surface area contributed by atoms with Gasteiger partial charge in [-0.15, -0.1) is 0 Å². The van der Waals surface area contributed by atoms with E-state index >= 15 is 0 Å². The summed E-state index contributed by atoms with van der Waals surface area (Å²) in [7, 11) is 0. The van der Waals surface area contributed by atoms with E-state index in [2.05, 4.69) is 26.1 Å². The zero-order chi connectivity index (χ0) is 11.8. The van der Waals surface area contributed by atoms with E-state index < -0.39 is 0 Å². The molecule has 2 fully saturated rings. The molecule has 1 heterocycles. The van der Waals surface area contributed by atoms with E-state index in [1.807, 2.05) is 0 Å². The highest BCUT2D eigenvalue weighted by Crippen LogP contribution is 2.44. The molecule has 2 aliphatic rings. The molecule has 16 heavy (non-hydrogen) atoms. The number of aliphatic hydroxyl groups is 1. The number of nitrogens with one attached hydrogen (secondary N) is 1. The maximum absolute atomic E-state index is 10.4. The molecular weight excluding hydrogens is 198 g/mol. The number of piperidine rings is 1. The van der Waals surface area contributed by atoms with E-state index in [-0.39, 0.29) is 11.5 Å². The summed E-state index contributed by atoms with van der Waals surface area (Å²) in [5.74, 6) is 1.37. The predicted octanol–water partition coefficient (Wildman–Crippen LogP) is 2.56. The molecule has 0 aromatic carbocycles. The molecule has 1 aliphatic heterocycles. The van der Waals surface area contributed by atoms with E-state index in [0.717, 1.165) is 12.5 Å². The second kappa shape index (κ2) is 4.66. The Morgan fingerprint density at radius 2 is 2.06 bits per heavy atom. The van der Waals surface area contributed by atoms with Gasteiger partial charge in [-0.1, -0.05) is 27.2 Å². The first kappa shape index (κ1) is 12.4. The highest BCUT2D eigenvalue weighted by Gasteiger charge is 2.44. The molecule has 2 rings (SSSR count). The molecule has 0 spiro atoms. The molecule has 0 bridgehead atoms. The van der Waals surface area contributed by atoms with E-state index in [4.69, 9.17) is 0 Å². The third-order valence-electron chi connectivity index (χ3n) is 4.97. The van der Waals surface area contributed by atoms with Crippen LogP contribution in [-0.2, 0) is 0 Å². The Hall–Kier alpha value is -0.0800. The van der Waals surface area contributed by atoms with Gasteiger partial charge in [-0.25, -0.2) is 0 Å². The summed E-state index contributed by atoms with van der Waals surface area (Å²) >= 11 is 0. The van der Waals surface area contributed by atoms with Crippen LogP contribution >= 0.6 is 0 Å². The fourth-order valence-corrected chi connectivity index (χ4v) is 3.58. The van der Waals surface area contributed by atoms with Crippen molar-refractivity contribution in [3.05, 3.63) is 0 Å². The first-order chi connectivity index (χ1) is 7.54. The minimum absolute atomic E-state index is 0.111. The van der Waals surface area contributed by atoms with Crippen molar-refractivity contribution < 1.29 is 5.11 Å². The lowest BCUT2D eigenvalue weighted by atomic mass is 9.80. The van der Waals surface area contributed by atoms with Gasteiger partial charge in [0.05, 0.1) is 6.10 Å². The van der Waals surface area contributed by atoms with Crippen LogP contribution in [0.25, 0.3) is 0 Å². The second-order valence-electron chi connectivity index (χ2n) is 6.50. The third kappa shape index (κ3) is 2.28. The lowest BCUT2D eigenvalue weighted by Crippen LogP contribution is -2.47. The van der Waals surface area contributed by atoms with Gasteiger partial charge < -0.3 is 10.4 Å². The molecule has 2 N–H and O–H groups in total. The van der Waals surface area contributed by atoms with E-state index in [1.165, 1.54) is 32.1 Å². The van der Waals surface area contributed by atoms with Crippen LogP contribution in [0, 0.1) is 17.3 Å². The number of hydrogen-bond donors (Lipinski definition) is 2. The van der Waals surface area contributed by atoms with Crippen molar-refractivity contribution in [2.45, 2.75) is 65.0 Å². The Bertz CT molecular complexity index is 239. The molecule has 1 saturated heterocycles. The maximum atomic E-state index is 10.4. The normalized spacial score (nSPS) is 43.5. The molecule has 2 nitrogen and oxygen atoms in total. The Kier molecular flexibility index (Phi) is 3.60. The van der Waals surface area contributed by atoms with Crippen molar-refractivity contribution in [2.75, 3.05) is 6.54 Å². The molecule has 2 heteroatoms. The van der Waals surface area contributed by atoms with Gasteiger partial charge in [-0.3, -0.25) is 0 Å². The SMILES string of the molecule is CCC1CCNC(C2CCC(C)(C)C2O)C1. The summed E-state index contributed by atoms with van der Waals surface area (Å²) < 4.78 is 0. The van der Waals surface area contributed by atoms with Gasteiger partial charge >= 0.3 is 0 Å². The fourth-order valence-electron chi connectivity index (χ4n) is 3.58. The molecule has 1 saturated carbocycles. The highest BCUT2D eigenvalue weighted by molar-refractivity contribution is 4.97. The van der Waals surface area contributed by atoms with Crippen LogP contribution in [0.3, 0.4) is 0 Å². The van der Waals surface area contributed by atoms with E-state index in [9.17, 15) is 5.11 Å². The maximum Gasteiger partial charge on any atom is 0.0634 e. The van der Waals surface area contributed by atoms with Crippen LogP contribution in [0.15, 0.2) is 0 Å². The minimum Gasteiger partial charge on any atom is -0.392 e. The largest absolute Gasteiger partial charge is 0.392 e. The Labute approximate surface area is 99.8 Å². The summed E-state index contributed by atoms with van der Waals surface area (Å²) in [4.78, 5) is 0. The molecule has 4 atom stereocenters. The summed E-state index contributed by atoms with van der Waals surface area (Å²) in [6.45, 7) is 7.85. The quantitative estimate of drug-likeness (QED) is 0.757. The van der Waals surface area contributed by atoms with Crippen LogP contribution in [0.5, 0.6) is 0 Å². The fraction of sp³-hybridized carbons (Fsp3) is 1.00. The zero-order valence-corrected chi connectivity index (χ0v) is 11.0. The molecule has 0 aromatic rings. The first-order valence-electron chi connectivity index (χ1n) is 6.96. The molecule has 4 unspecified atom stereocenters. The van der Waals surface area contributed by atoms with E-state index in [1.54, 1.807) is 0 Å². The lowest BCUT2D eigenvalue weighted by Gasteiger charge is -2.36. The molecule has 94 valence electrons. The summed E-state index contributed by atoms with van der Waals surface area (Å²) in [5, 5.41) is 14.0. The Balaban J connectivity index is 1.97. The lowest BCUT2D eigenvalue weighted by molar-refractivity contribution is 0.0255. The van der Waals surface area contributed by atoms with Crippen molar-refractivity contribution in [3.63, 3.8) is 0 Å². The van der Waals surface area contributed by atoms with Crippen molar-refractivity contribution in [2.24, 2.45) is 17.3 Å². The van der Waals surface area contributed by atoms with E-state index in [0.29, 0.717) is 12.0 Å². The van der Waals surface area contributed by atoms with Gasteiger partial charge in [0.2, 0.25) is 0 Å². The molecule has 0 radical (unpaired) electrons. The summed E-state index contributed by atoms with van der Waals surface area (Å²) in [6.07, 6.45) is 6.15. The Morgan fingerprint density at radius 1 is 1.31 bits per heavy atom. The van der Waals surface area contributed by atoms with Crippen molar-refractivity contribution in [3.8, 4) is 0 Å². The van der Waals surface area contributed by atoms with Gasteiger partial charge in [0.15, 0.2) is 0 Å². The standard InChI is InChI=1S/C14H27NO/c1-4-10-6-8-15-12(9-10)11-5-7-14(2,3)13(11)16/h10-13,15-16H,4-9H2,1-3H3. The zero-order valence-electron chi connectivity index (χ0n) is 11.0. The van der Waals surface area contributed by atoms with Gasteiger partial charge in [0.1, 0.15) is 0 Å². The molecular formula is C14H27NO. The van der Waals surface area contributed by atoms with Crippen molar-refractivity contribution in [1.82, 2.24) is 5.32 Å². The number of hydrogen-bond acceptors (Lipinski definition) is 2. The van der Waals surface area contributed by atoms with Crippen LogP contribution in [0.1, 0.15) is 52.9 Å². The van der Waals surface area contributed by atoms with Crippen molar-refractivity contribution in [1.29, 1.82) is 0 Å². The van der Waals surface area contributed by atoms with Crippen LogP contribution in [-0.4, -0.2) is 23.8 Å². The van der Waals surface area contributed by atoms with Gasteiger partial charge in [-0.2, -0.15) is 0 Å². The average Bonchev–Trinajstić information content (AvgIpc) is 2.55. The van der Waals surface area contributed by atoms with Crippen LogP contribution in [0.4, 0.5) is 0 Å². The predicted molar refractivity (Wildman–Crippen MR) is 67.3 cm³/mol. The van der Waals surface area contributed by atoms with Gasteiger partial charge in [0, 0.05) is 12.0 Å². The van der Waals surface area contributed by atoms with Crippen LogP contribution < -0.4 is 5.32 Å². The summed E-state index contributed by atoms with van der Waals surface area (Å²) in [5.41, 5.74) is 0.130.